The highest BCUT2D eigenvalue weighted by atomic mass is 16.6. The molecule has 0 saturated heterocycles. The Bertz CT molecular complexity index is 726. The second-order valence-electron chi connectivity index (χ2n) is 14.1. The summed E-state index contributed by atoms with van der Waals surface area (Å²) in [6, 6.07) is 0. The zero-order valence-electron chi connectivity index (χ0n) is 31.5. The van der Waals surface area contributed by atoms with Crippen LogP contribution in [0, 0.1) is 0 Å². The number of carbonyl (C=O) groups excluding carboxylic acids is 2. The van der Waals surface area contributed by atoms with Gasteiger partial charge in [0, 0.05) is 12.8 Å². The maximum Gasteiger partial charge on any atom is 0.305 e. The van der Waals surface area contributed by atoms with Gasteiger partial charge < -0.3 is 24.8 Å². The summed E-state index contributed by atoms with van der Waals surface area (Å²) in [6.07, 6.45) is 34.4. The lowest BCUT2D eigenvalue weighted by atomic mass is 10.0. The number of hydrogen-bond acceptors (Lipinski definition) is 7. The molecule has 0 spiro atoms. The summed E-state index contributed by atoms with van der Waals surface area (Å²) >= 11 is 0. The second-order valence-corrected chi connectivity index (χ2v) is 14.1. The summed E-state index contributed by atoms with van der Waals surface area (Å²) in [4.78, 5) is 24.0. The van der Waals surface area contributed by atoms with Crippen molar-refractivity contribution in [1.29, 1.82) is 0 Å². The minimum Gasteiger partial charge on any atom is -0.463 e. The van der Waals surface area contributed by atoms with Gasteiger partial charge in [-0.25, -0.2) is 0 Å². The Morgan fingerprint density at radius 2 is 0.854 bits per heavy atom. The molecule has 0 amide bonds. The highest BCUT2D eigenvalue weighted by Crippen LogP contribution is 2.15. The van der Waals surface area contributed by atoms with Crippen molar-refractivity contribution in [3.05, 3.63) is 12.2 Å². The van der Waals surface area contributed by atoms with Gasteiger partial charge in [0.2, 0.25) is 0 Å². The van der Waals surface area contributed by atoms with Crippen LogP contribution in [0.25, 0.3) is 0 Å². The number of aliphatic hydroxyl groups is 3. The summed E-state index contributed by atoms with van der Waals surface area (Å²) in [5.74, 6) is -0.664. The van der Waals surface area contributed by atoms with E-state index in [-0.39, 0.29) is 31.6 Å². The molecular formula is C41H78O7. The molecule has 3 atom stereocenters. The van der Waals surface area contributed by atoms with E-state index < -0.39 is 18.3 Å². The fourth-order valence-corrected chi connectivity index (χ4v) is 5.93. The standard InChI is InChI=1S/C41H78O7/c1-3-5-7-9-11-12-13-14-15-16-17-18-19-20-21-25-29-33-40(45)47-35-37(42)36-48-41(46)34-30-26-22-24-28-32-39(44)38(43)31-27-23-10-8-6-4-2/h23,27,37-39,42-44H,3-22,24-26,28-36H2,1-2H3/b27-23-/t37-,38+,39+/m0/s1. The third kappa shape index (κ3) is 34.4. The Hall–Kier alpha value is -1.44. The first-order valence-corrected chi connectivity index (χ1v) is 20.4. The number of hydrogen-bond donors (Lipinski definition) is 3. The number of ether oxygens (including phenoxy) is 2. The van der Waals surface area contributed by atoms with Gasteiger partial charge in [-0.1, -0.05) is 167 Å². The van der Waals surface area contributed by atoms with Crippen LogP contribution in [0.4, 0.5) is 0 Å². The second kappa shape index (κ2) is 36.8. The van der Waals surface area contributed by atoms with Gasteiger partial charge in [-0.15, -0.1) is 0 Å². The Morgan fingerprint density at radius 1 is 0.479 bits per heavy atom. The van der Waals surface area contributed by atoms with Crippen molar-refractivity contribution < 1.29 is 34.4 Å². The maximum absolute atomic E-state index is 12.0. The van der Waals surface area contributed by atoms with Gasteiger partial charge in [0.1, 0.15) is 19.3 Å². The van der Waals surface area contributed by atoms with Crippen molar-refractivity contribution in [1.82, 2.24) is 0 Å². The fourth-order valence-electron chi connectivity index (χ4n) is 5.93. The smallest absolute Gasteiger partial charge is 0.305 e. The van der Waals surface area contributed by atoms with Crippen molar-refractivity contribution >= 4 is 11.9 Å². The summed E-state index contributed by atoms with van der Waals surface area (Å²) in [5, 5.41) is 30.3. The summed E-state index contributed by atoms with van der Waals surface area (Å²) in [6.45, 7) is 4.13. The van der Waals surface area contributed by atoms with E-state index in [0.29, 0.717) is 25.7 Å². The third-order valence-electron chi connectivity index (χ3n) is 9.20. The van der Waals surface area contributed by atoms with Crippen molar-refractivity contribution in [2.75, 3.05) is 13.2 Å². The molecule has 0 heterocycles. The number of rotatable bonds is 37. The molecule has 0 aromatic carbocycles. The molecule has 0 radical (unpaired) electrons. The maximum atomic E-state index is 12.0. The van der Waals surface area contributed by atoms with E-state index in [1.54, 1.807) is 0 Å². The van der Waals surface area contributed by atoms with Crippen LogP contribution in [-0.4, -0.2) is 58.8 Å². The first-order valence-electron chi connectivity index (χ1n) is 20.4. The van der Waals surface area contributed by atoms with Crippen LogP contribution in [0.5, 0.6) is 0 Å². The molecule has 0 aliphatic rings. The average Bonchev–Trinajstić information content (AvgIpc) is 3.08. The number of aliphatic hydroxyl groups excluding tert-OH is 3. The highest BCUT2D eigenvalue weighted by Gasteiger charge is 2.14. The van der Waals surface area contributed by atoms with Crippen LogP contribution < -0.4 is 0 Å². The molecule has 48 heavy (non-hydrogen) atoms. The lowest BCUT2D eigenvalue weighted by molar-refractivity contribution is -0.152. The monoisotopic (exact) mass is 683 g/mol. The molecule has 0 rings (SSSR count). The van der Waals surface area contributed by atoms with Gasteiger partial charge in [0.05, 0.1) is 12.2 Å². The van der Waals surface area contributed by atoms with Crippen molar-refractivity contribution in [3.8, 4) is 0 Å². The van der Waals surface area contributed by atoms with E-state index in [0.717, 1.165) is 51.4 Å². The largest absolute Gasteiger partial charge is 0.463 e. The van der Waals surface area contributed by atoms with Crippen LogP contribution in [-0.2, 0) is 19.1 Å². The molecule has 7 heteroatoms. The van der Waals surface area contributed by atoms with Gasteiger partial charge in [-0.2, -0.15) is 0 Å². The van der Waals surface area contributed by atoms with Crippen molar-refractivity contribution in [3.63, 3.8) is 0 Å². The first-order chi connectivity index (χ1) is 23.4. The van der Waals surface area contributed by atoms with E-state index >= 15 is 0 Å². The van der Waals surface area contributed by atoms with Crippen LogP contribution in [0.15, 0.2) is 12.2 Å². The number of carbonyl (C=O) groups is 2. The summed E-state index contributed by atoms with van der Waals surface area (Å²) in [5.41, 5.74) is 0. The van der Waals surface area contributed by atoms with E-state index in [2.05, 4.69) is 19.9 Å². The molecule has 0 aliphatic heterocycles. The van der Waals surface area contributed by atoms with Crippen LogP contribution >= 0.6 is 0 Å². The Kier molecular flexibility index (Phi) is 35.7. The molecular weight excluding hydrogens is 604 g/mol. The number of unbranched alkanes of at least 4 members (excludes halogenated alkanes) is 23. The zero-order valence-corrected chi connectivity index (χ0v) is 31.5. The predicted molar refractivity (Wildman–Crippen MR) is 199 cm³/mol. The molecule has 0 bridgehead atoms. The predicted octanol–water partition coefficient (Wildman–Crippen LogP) is 10.5. The quantitative estimate of drug-likeness (QED) is 0.0339. The normalized spacial score (nSPS) is 13.5. The molecule has 0 aliphatic carbocycles. The average molecular weight is 683 g/mol. The van der Waals surface area contributed by atoms with Crippen LogP contribution in [0.1, 0.15) is 206 Å². The van der Waals surface area contributed by atoms with E-state index in [4.69, 9.17) is 9.47 Å². The van der Waals surface area contributed by atoms with Gasteiger partial charge in [-0.05, 0) is 38.5 Å². The Morgan fingerprint density at radius 3 is 1.29 bits per heavy atom. The van der Waals surface area contributed by atoms with Crippen molar-refractivity contribution in [2.45, 2.75) is 225 Å². The molecule has 0 saturated carbocycles. The Labute approximate surface area is 296 Å². The van der Waals surface area contributed by atoms with Gasteiger partial charge in [0.15, 0.2) is 0 Å². The van der Waals surface area contributed by atoms with Gasteiger partial charge in [0.25, 0.3) is 0 Å². The van der Waals surface area contributed by atoms with E-state index in [9.17, 15) is 24.9 Å². The minimum absolute atomic E-state index is 0.152. The van der Waals surface area contributed by atoms with Crippen LogP contribution in [0.3, 0.4) is 0 Å². The topological polar surface area (TPSA) is 113 Å². The lowest BCUT2D eigenvalue weighted by Crippen LogP contribution is -2.25. The fraction of sp³-hybridized carbons (Fsp3) is 0.902. The zero-order chi connectivity index (χ0) is 35.3. The molecule has 284 valence electrons. The van der Waals surface area contributed by atoms with Crippen molar-refractivity contribution in [2.24, 2.45) is 0 Å². The highest BCUT2D eigenvalue weighted by molar-refractivity contribution is 5.69. The molecule has 0 unspecified atom stereocenters. The van der Waals surface area contributed by atoms with Gasteiger partial charge >= 0.3 is 11.9 Å². The lowest BCUT2D eigenvalue weighted by Gasteiger charge is -2.16. The molecule has 0 aromatic rings. The summed E-state index contributed by atoms with van der Waals surface area (Å²) < 4.78 is 10.3. The third-order valence-corrected chi connectivity index (χ3v) is 9.20. The molecule has 0 fully saturated rings. The summed E-state index contributed by atoms with van der Waals surface area (Å²) in [7, 11) is 0. The number of allylic oxidation sites excluding steroid dienone is 1. The first kappa shape index (κ1) is 46.6. The van der Waals surface area contributed by atoms with Crippen LogP contribution in [0.2, 0.25) is 0 Å². The molecule has 3 N–H and O–H groups in total. The van der Waals surface area contributed by atoms with E-state index in [1.165, 1.54) is 109 Å². The van der Waals surface area contributed by atoms with E-state index in [1.807, 2.05) is 6.08 Å². The minimum atomic E-state index is -1.01. The molecule has 7 nitrogen and oxygen atoms in total. The SMILES string of the molecule is CCCCC/C=C\C[C@@H](O)[C@H](O)CCCCCCCC(=O)OC[C@@H](O)COC(=O)CCCCCCCCCCCCCCCCCCC. The van der Waals surface area contributed by atoms with Gasteiger partial charge in [-0.3, -0.25) is 9.59 Å². The number of esters is 2. The molecule has 0 aromatic heterocycles. The Balaban J connectivity index is 3.51.